The standard InChI is InChI=1S/C62H38N4/c1-3-17-39(18-4-1)59-63-60(40-19-5-2-6-20-40)65-61(64-59)51-35-36-57(48-25-8-7-21-43(48)51)66-56-30-16-12-26-49(56)50-34-32-42(38-58(50)66)41-31-33-47-46-24-11-15-29-54(46)62(55(47)37-41)52-27-13-9-22-44(52)45-23-10-14-28-53(45)62/h1-38H. The van der Waals surface area contributed by atoms with E-state index in [9.17, 15) is 0 Å². The summed E-state index contributed by atoms with van der Waals surface area (Å²) in [5.41, 5.74) is 18.8. The molecule has 2 aliphatic carbocycles. The van der Waals surface area contributed by atoms with Gasteiger partial charge in [0.05, 0.1) is 22.1 Å². The van der Waals surface area contributed by atoms with E-state index in [1.807, 2.05) is 36.4 Å². The number of aromatic nitrogens is 4. The van der Waals surface area contributed by atoms with Crippen molar-refractivity contribution in [1.29, 1.82) is 0 Å². The third-order valence-electron chi connectivity index (χ3n) is 14.1. The Bertz CT molecular complexity index is 3820. The maximum atomic E-state index is 5.15. The molecule has 0 saturated heterocycles. The quantitative estimate of drug-likeness (QED) is 0.173. The second kappa shape index (κ2) is 14.1. The molecule has 0 unspecified atom stereocenters. The summed E-state index contributed by atoms with van der Waals surface area (Å²) in [5, 5.41) is 4.61. The SMILES string of the molecule is c1ccc(-c2nc(-c3ccccc3)nc(-c3ccc(-n4c5ccccc5c5ccc(-c6ccc7c(c6)C6(c8ccccc8-c8ccccc86)c6ccccc6-7)cc54)c4ccccc34)n2)cc1. The average molecular weight is 839 g/mol. The van der Waals surface area contributed by atoms with Crippen LogP contribution < -0.4 is 0 Å². The molecule has 0 aliphatic heterocycles. The topological polar surface area (TPSA) is 43.6 Å². The first kappa shape index (κ1) is 36.7. The molecular weight excluding hydrogens is 801 g/mol. The minimum absolute atomic E-state index is 0.406. The lowest BCUT2D eigenvalue weighted by Gasteiger charge is -2.30. The maximum absolute atomic E-state index is 5.15. The highest BCUT2D eigenvalue weighted by Gasteiger charge is 2.51. The predicted octanol–water partition coefficient (Wildman–Crippen LogP) is 15.1. The third kappa shape index (κ3) is 5.18. The number of nitrogens with zero attached hydrogens (tertiary/aromatic N) is 4. The van der Waals surface area contributed by atoms with E-state index in [-0.39, 0.29) is 0 Å². The summed E-state index contributed by atoms with van der Waals surface area (Å²) in [5.74, 6) is 1.93. The Hall–Kier alpha value is -8.73. The highest BCUT2D eigenvalue weighted by Crippen LogP contribution is 2.63. The van der Waals surface area contributed by atoms with Crippen molar-refractivity contribution in [2.45, 2.75) is 5.41 Å². The van der Waals surface area contributed by atoms with Gasteiger partial charge < -0.3 is 4.57 Å². The van der Waals surface area contributed by atoms with Crippen LogP contribution in [0.2, 0.25) is 0 Å². The van der Waals surface area contributed by atoms with Crippen molar-refractivity contribution in [3.63, 3.8) is 0 Å². The molecule has 4 nitrogen and oxygen atoms in total. The summed E-state index contributed by atoms with van der Waals surface area (Å²) in [6.45, 7) is 0. The molecule has 0 N–H and O–H groups in total. The van der Waals surface area contributed by atoms with E-state index in [2.05, 4.69) is 199 Å². The first-order valence-corrected chi connectivity index (χ1v) is 22.6. The van der Waals surface area contributed by atoms with E-state index in [0.717, 1.165) is 44.2 Å². The molecule has 0 atom stereocenters. The van der Waals surface area contributed by atoms with Crippen LogP contribution in [0.4, 0.5) is 0 Å². The zero-order valence-corrected chi connectivity index (χ0v) is 35.7. The lowest BCUT2D eigenvalue weighted by Crippen LogP contribution is -2.25. The second-order valence-corrected chi connectivity index (χ2v) is 17.4. The number of hydrogen-bond donors (Lipinski definition) is 0. The van der Waals surface area contributed by atoms with E-state index in [0.29, 0.717) is 17.5 Å². The van der Waals surface area contributed by atoms with Gasteiger partial charge in [-0.25, -0.2) is 15.0 Å². The van der Waals surface area contributed by atoms with Gasteiger partial charge in [-0.1, -0.05) is 200 Å². The fourth-order valence-corrected chi connectivity index (χ4v) is 11.3. The Kier molecular flexibility index (Phi) is 7.87. The van der Waals surface area contributed by atoms with Crippen LogP contribution in [0.15, 0.2) is 231 Å². The zero-order chi connectivity index (χ0) is 43.3. The van der Waals surface area contributed by atoms with Gasteiger partial charge >= 0.3 is 0 Å². The summed E-state index contributed by atoms with van der Waals surface area (Å²) >= 11 is 0. The van der Waals surface area contributed by atoms with Crippen LogP contribution in [0.3, 0.4) is 0 Å². The van der Waals surface area contributed by atoms with Crippen LogP contribution in [0, 0.1) is 0 Å². The summed E-state index contributed by atoms with van der Waals surface area (Å²) in [6, 6.07) is 83.5. The Labute approximate surface area is 381 Å². The number of fused-ring (bicyclic) bond motifs is 14. The Morgan fingerprint density at radius 1 is 0.273 bits per heavy atom. The van der Waals surface area contributed by atoms with Gasteiger partial charge in [0, 0.05) is 32.8 Å². The van der Waals surface area contributed by atoms with Gasteiger partial charge in [-0.05, 0) is 91.4 Å². The summed E-state index contributed by atoms with van der Waals surface area (Å²) in [6.07, 6.45) is 0. The molecule has 0 radical (unpaired) electrons. The lowest BCUT2D eigenvalue weighted by atomic mass is 9.70. The molecule has 4 heteroatoms. The van der Waals surface area contributed by atoms with Gasteiger partial charge in [0.25, 0.3) is 0 Å². The third-order valence-corrected chi connectivity index (χ3v) is 14.1. The van der Waals surface area contributed by atoms with Crippen molar-refractivity contribution >= 4 is 32.6 Å². The molecule has 1 spiro atoms. The zero-order valence-electron chi connectivity index (χ0n) is 35.7. The average Bonchev–Trinajstić information content (AvgIpc) is 4.00. The van der Waals surface area contributed by atoms with Crippen molar-refractivity contribution in [3.05, 3.63) is 253 Å². The van der Waals surface area contributed by atoms with Gasteiger partial charge in [0.15, 0.2) is 17.5 Å². The molecule has 2 heterocycles. The number of hydrogen-bond acceptors (Lipinski definition) is 3. The van der Waals surface area contributed by atoms with E-state index < -0.39 is 5.41 Å². The lowest BCUT2D eigenvalue weighted by molar-refractivity contribution is 0.794. The minimum atomic E-state index is -0.406. The first-order chi connectivity index (χ1) is 32.7. The van der Waals surface area contributed by atoms with Crippen LogP contribution in [0.25, 0.3) is 106 Å². The van der Waals surface area contributed by atoms with Gasteiger partial charge in [0.1, 0.15) is 0 Å². The van der Waals surface area contributed by atoms with Crippen LogP contribution in [0.5, 0.6) is 0 Å². The van der Waals surface area contributed by atoms with Crippen molar-refractivity contribution in [2.75, 3.05) is 0 Å². The molecule has 0 saturated carbocycles. The van der Waals surface area contributed by atoms with Crippen molar-refractivity contribution in [1.82, 2.24) is 19.5 Å². The second-order valence-electron chi connectivity index (χ2n) is 17.4. The fraction of sp³-hybridized carbons (Fsp3) is 0.0161. The van der Waals surface area contributed by atoms with Crippen LogP contribution in [0.1, 0.15) is 22.3 Å². The molecule has 2 aromatic heterocycles. The smallest absolute Gasteiger partial charge is 0.164 e. The summed E-state index contributed by atoms with van der Waals surface area (Å²) < 4.78 is 2.45. The monoisotopic (exact) mass is 838 g/mol. The van der Waals surface area contributed by atoms with Gasteiger partial charge in [-0.3, -0.25) is 0 Å². The molecular formula is C62H38N4. The van der Waals surface area contributed by atoms with Gasteiger partial charge in [-0.15, -0.1) is 0 Å². The molecule has 10 aromatic carbocycles. The highest BCUT2D eigenvalue weighted by molar-refractivity contribution is 6.12. The predicted molar refractivity (Wildman–Crippen MR) is 270 cm³/mol. The number of para-hydroxylation sites is 1. The van der Waals surface area contributed by atoms with Crippen LogP contribution in [-0.2, 0) is 5.41 Å². The van der Waals surface area contributed by atoms with E-state index in [1.165, 1.54) is 66.4 Å². The molecule has 0 bridgehead atoms. The number of benzene rings is 10. The normalized spacial score (nSPS) is 13.0. The first-order valence-electron chi connectivity index (χ1n) is 22.6. The van der Waals surface area contributed by atoms with Gasteiger partial charge in [0.2, 0.25) is 0 Å². The highest BCUT2D eigenvalue weighted by atomic mass is 15.0. The molecule has 306 valence electrons. The molecule has 66 heavy (non-hydrogen) atoms. The van der Waals surface area contributed by atoms with Crippen molar-refractivity contribution in [2.24, 2.45) is 0 Å². The Morgan fingerprint density at radius 2 is 0.727 bits per heavy atom. The molecule has 2 aliphatic rings. The minimum Gasteiger partial charge on any atom is -0.309 e. The molecule has 14 rings (SSSR count). The van der Waals surface area contributed by atoms with E-state index >= 15 is 0 Å². The van der Waals surface area contributed by atoms with E-state index in [1.54, 1.807) is 0 Å². The maximum Gasteiger partial charge on any atom is 0.164 e. The van der Waals surface area contributed by atoms with E-state index in [4.69, 9.17) is 15.0 Å². The Morgan fingerprint density at radius 3 is 1.36 bits per heavy atom. The molecule has 0 amide bonds. The van der Waals surface area contributed by atoms with Crippen LogP contribution in [-0.4, -0.2) is 19.5 Å². The largest absolute Gasteiger partial charge is 0.309 e. The Balaban J connectivity index is 0.966. The molecule has 12 aromatic rings. The summed E-state index contributed by atoms with van der Waals surface area (Å²) in [4.78, 5) is 15.3. The summed E-state index contributed by atoms with van der Waals surface area (Å²) in [7, 11) is 0. The molecule has 0 fully saturated rings. The van der Waals surface area contributed by atoms with Gasteiger partial charge in [-0.2, -0.15) is 0 Å². The van der Waals surface area contributed by atoms with Crippen molar-refractivity contribution in [3.8, 4) is 73.2 Å². The fourth-order valence-electron chi connectivity index (χ4n) is 11.3. The van der Waals surface area contributed by atoms with Crippen LogP contribution >= 0.6 is 0 Å². The number of rotatable bonds is 5. The van der Waals surface area contributed by atoms with Crippen molar-refractivity contribution < 1.29 is 0 Å².